The zero-order valence-electron chi connectivity index (χ0n) is 21.9. The van der Waals surface area contributed by atoms with Crippen molar-refractivity contribution >= 4 is 35.9 Å². The van der Waals surface area contributed by atoms with Gasteiger partial charge in [-0.1, -0.05) is 12.1 Å². The van der Waals surface area contributed by atoms with Crippen LogP contribution in [0.4, 0.5) is 41.2 Å². The number of piperidine rings is 1. The lowest BCUT2D eigenvalue weighted by molar-refractivity contribution is -0.143. The summed E-state index contributed by atoms with van der Waals surface area (Å²) in [5.74, 6) is 1.50. The molecule has 2 aliphatic rings. The lowest BCUT2D eigenvalue weighted by Crippen LogP contribution is -2.55. The summed E-state index contributed by atoms with van der Waals surface area (Å²) in [7, 11) is 2.67. The van der Waals surface area contributed by atoms with Gasteiger partial charge >= 0.3 is 18.4 Å². The van der Waals surface area contributed by atoms with Gasteiger partial charge in [-0.15, -0.1) is 12.4 Å². The minimum atomic E-state index is -5.02. The maximum absolute atomic E-state index is 13.7. The van der Waals surface area contributed by atoms with Crippen LogP contribution >= 0.6 is 24.2 Å². The van der Waals surface area contributed by atoms with E-state index in [0.717, 1.165) is 41.9 Å². The van der Waals surface area contributed by atoms with Gasteiger partial charge in [0, 0.05) is 50.9 Å². The van der Waals surface area contributed by atoms with Crippen LogP contribution in [0, 0.1) is 5.82 Å². The predicted molar refractivity (Wildman–Crippen MR) is 145 cm³/mol. The molecule has 40 heavy (non-hydrogen) atoms. The fraction of sp³-hybridized carbons (Fsp3) is 0.519. The van der Waals surface area contributed by atoms with E-state index in [2.05, 4.69) is 4.90 Å². The van der Waals surface area contributed by atoms with Crippen LogP contribution in [0.2, 0.25) is 0 Å². The Morgan fingerprint density at radius 1 is 0.900 bits per heavy atom. The van der Waals surface area contributed by atoms with Crippen LogP contribution in [-0.4, -0.2) is 66.6 Å². The summed E-state index contributed by atoms with van der Waals surface area (Å²) in [4.78, 5) is 18.1. The van der Waals surface area contributed by atoms with Gasteiger partial charge in [0.05, 0.1) is 11.1 Å². The van der Waals surface area contributed by atoms with Crippen molar-refractivity contribution in [2.75, 3.05) is 43.6 Å². The smallest absolute Gasteiger partial charge is 0.324 e. The minimum absolute atomic E-state index is 0. The fourth-order valence-electron chi connectivity index (χ4n) is 5.47. The third-order valence-corrected chi connectivity index (χ3v) is 8.71. The zero-order valence-corrected chi connectivity index (χ0v) is 23.6. The normalized spacial score (nSPS) is 21.0. The van der Waals surface area contributed by atoms with E-state index >= 15 is 0 Å². The number of anilines is 1. The second-order valence-electron chi connectivity index (χ2n) is 10.1. The fourth-order valence-corrected chi connectivity index (χ4v) is 6.55. The molecule has 2 aromatic carbocycles. The van der Waals surface area contributed by atoms with E-state index in [4.69, 9.17) is 0 Å². The monoisotopic (exact) mass is 613 g/mol. The summed E-state index contributed by atoms with van der Waals surface area (Å²) in [5.41, 5.74) is -2.67. The van der Waals surface area contributed by atoms with Crippen molar-refractivity contribution in [3.63, 3.8) is 0 Å². The Hall–Kier alpha value is -2.18. The summed E-state index contributed by atoms with van der Waals surface area (Å²) in [6.07, 6.45) is -7.41. The van der Waals surface area contributed by atoms with E-state index in [1.807, 2.05) is 11.8 Å². The first-order valence-electron chi connectivity index (χ1n) is 12.6. The summed E-state index contributed by atoms with van der Waals surface area (Å²) >= 11 is 1.91. The Morgan fingerprint density at radius 2 is 1.45 bits per heavy atom. The lowest BCUT2D eigenvalue weighted by atomic mass is 9.84. The maximum Gasteiger partial charge on any atom is 0.416 e. The highest BCUT2D eigenvalue weighted by molar-refractivity contribution is 7.99. The van der Waals surface area contributed by atoms with Crippen LogP contribution in [0.5, 0.6) is 0 Å². The number of alkyl halides is 6. The average molecular weight is 614 g/mol. The second kappa shape index (κ2) is 12.8. The SMILES string of the molecule is CN(C(=O)N(C)[C@@H]1CCN(C2CCSCC2)C[C@H]1c1ccc(F)cc1)c1cc(C(F)(F)F)cc(C(F)(F)F)c1.Cl. The van der Waals surface area contributed by atoms with Gasteiger partial charge in [0.1, 0.15) is 5.82 Å². The highest BCUT2D eigenvalue weighted by Gasteiger charge is 2.40. The molecule has 2 saturated heterocycles. The Morgan fingerprint density at radius 3 is 1.98 bits per heavy atom. The van der Waals surface area contributed by atoms with E-state index in [0.29, 0.717) is 37.7 Å². The summed E-state index contributed by atoms with van der Waals surface area (Å²) in [6.45, 7) is 1.30. The molecule has 0 N–H and O–H groups in total. The highest BCUT2D eigenvalue weighted by atomic mass is 35.5. The van der Waals surface area contributed by atoms with Gasteiger partial charge in [0.25, 0.3) is 0 Å². The molecule has 0 bridgehead atoms. The molecule has 0 saturated carbocycles. The number of likely N-dealkylation sites (N-methyl/N-ethyl adjacent to an activating group) is 1. The standard InChI is InChI=1S/C27H30F7N3OS.ClH/c1-35(22-14-18(26(29,30)31)13-19(15-22)27(32,33)34)25(38)36(2)24-7-10-37(21-8-11-39-12-9-21)16-23(24)17-3-5-20(28)6-4-17;/h3-6,13-15,21,23-24H,7-12,16H2,1-2H3;1H/t23-,24+;/m0./s1. The molecule has 4 rings (SSSR count). The molecule has 0 spiro atoms. The maximum atomic E-state index is 13.7. The first-order chi connectivity index (χ1) is 18.3. The first-order valence-corrected chi connectivity index (χ1v) is 13.8. The quantitative estimate of drug-likeness (QED) is 0.334. The van der Waals surface area contributed by atoms with Gasteiger partial charge in [-0.25, -0.2) is 9.18 Å². The number of carbonyl (C=O) groups is 1. The number of hydrogen-bond acceptors (Lipinski definition) is 3. The van der Waals surface area contributed by atoms with Crippen molar-refractivity contribution in [2.45, 2.75) is 49.6 Å². The third-order valence-electron chi connectivity index (χ3n) is 7.66. The van der Waals surface area contributed by atoms with E-state index < -0.39 is 47.1 Å². The number of nitrogens with zero attached hydrogens (tertiary/aromatic N) is 3. The predicted octanol–water partition coefficient (Wildman–Crippen LogP) is 7.53. The van der Waals surface area contributed by atoms with Gasteiger partial charge in [0.2, 0.25) is 0 Å². The molecular weight excluding hydrogens is 583 g/mol. The number of carbonyl (C=O) groups excluding carboxylic acids is 1. The Balaban J connectivity index is 0.00000441. The van der Waals surface area contributed by atoms with Gasteiger partial charge < -0.3 is 4.90 Å². The van der Waals surface area contributed by atoms with Gasteiger partial charge in [0.15, 0.2) is 0 Å². The molecular formula is C27H31ClF7N3OS. The largest absolute Gasteiger partial charge is 0.416 e. The molecule has 2 aliphatic heterocycles. The van der Waals surface area contributed by atoms with Crippen molar-refractivity contribution < 1.29 is 35.5 Å². The lowest BCUT2D eigenvalue weighted by Gasteiger charge is -2.46. The number of thioether (sulfide) groups is 1. The molecule has 0 aromatic heterocycles. The van der Waals surface area contributed by atoms with Gasteiger partial charge in [-0.05, 0) is 66.7 Å². The number of likely N-dealkylation sites (tertiary alicyclic amines) is 1. The zero-order chi connectivity index (χ0) is 28.5. The molecule has 0 aliphatic carbocycles. The van der Waals surface area contributed by atoms with Gasteiger partial charge in [-0.3, -0.25) is 9.80 Å². The Labute approximate surface area is 239 Å². The van der Waals surface area contributed by atoms with Crippen molar-refractivity contribution in [3.05, 3.63) is 65.0 Å². The number of benzene rings is 2. The third kappa shape index (κ3) is 7.36. The molecule has 0 radical (unpaired) electrons. The van der Waals surface area contributed by atoms with Crippen LogP contribution in [0.3, 0.4) is 0 Å². The number of urea groups is 1. The number of amides is 2. The van der Waals surface area contributed by atoms with Crippen molar-refractivity contribution in [1.82, 2.24) is 9.80 Å². The highest BCUT2D eigenvalue weighted by Crippen LogP contribution is 2.39. The molecule has 4 nitrogen and oxygen atoms in total. The topological polar surface area (TPSA) is 26.8 Å². The molecule has 222 valence electrons. The Kier molecular flexibility index (Phi) is 10.3. The molecule has 2 amide bonds. The van der Waals surface area contributed by atoms with E-state index in [9.17, 15) is 35.5 Å². The first kappa shape index (κ1) is 32.3. The van der Waals surface area contributed by atoms with Crippen molar-refractivity contribution in [1.29, 1.82) is 0 Å². The Bertz CT molecular complexity index is 1120. The van der Waals surface area contributed by atoms with Gasteiger partial charge in [-0.2, -0.15) is 38.1 Å². The van der Waals surface area contributed by atoms with E-state index in [1.54, 1.807) is 12.1 Å². The van der Waals surface area contributed by atoms with Crippen molar-refractivity contribution in [3.8, 4) is 0 Å². The second-order valence-corrected chi connectivity index (χ2v) is 11.3. The average Bonchev–Trinajstić information content (AvgIpc) is 2.91. The number of halogens is 8. The molecule has 2 atom stereocenters. The summed E-state index contributed by atoms with van der Waals surface area (Å²) < 4.78 is 94.0. The molecule has 2 fully saturated rings. The molecule has 13 heteroatoms. The van der Waals surface area contributed by atoms with Crippen LogP contribution in [0.25, 0.3) is 0 Å². The van der Waals surface area contributed by atoms with E-state index in [1.165, 1.54) is 24.1 Å². The summed E-state index contributed by atoms with van der Waals surface area (Å²) in [6, 6.07) is 6.41. The number of rotatable bonds is 4. The number of hydrogen-bond donors (Lipinski definition) is 0. The van der Waals surface area contributed by atoms with Crippen LogP contribution in [0.1, 0.15) is 41.9 Å². The molecule has 0 unspecified atom stereocenters. The summed E-state index contributed by atoms with van der Waals surface area (Å²) in [5, 5.41) is 0. The van der Waals surface area contributed by atoms with E-state index in [-0.39, 0.29) is 24.4 Å². The van der Waals surface area contributed by atoms with Crippen LogP contribution in [-0.2, 0) is 12.4 Å². The van der Waals surface area contributed by atoms with Crippen LogP contribution in [0.15, 0.2) is 42.5 Å². The molecule has 2 heterocycles. The molecule has 2 aromatic rings. The van der Waals surface area contributed by atoms with Crippen LogP contribution < -0.4 is 4.90 Å². The minimum Gasteiger partial charge on any atom is -0.324 e. The van der Waals surface area contributed by atoms with Crippen molar-refractivity contribution in [2.24, 2.45) is 0 Å².